The second-order valence-electron chi connectivity index (χ2n) is 4.90. The molecule has 2 aromatic rings. The van der Waals surface area contributed by atoms with Crippen LogP contribution in [0.4, 0.5) is 17.3 Å². The van der Waals surface area contributed by atoms with Gasteiger partial charge in [0.15, 0.2) is 0 Å². The average molecular weight is 301 g/mol. The summed E-state index contributed by atoms with van der Waals surface area (Å²) in [5.74, 6) is 0.548. The topological polar surface area (TPSA) is 121 Å². The maximum Gasteiger partial charge on any atom is 0.354 e. The molecule has 2 rings (SSSR count). The molecule has 0 spiro atoms. The van der Waals surface area contributed by atoms with Gasteiger partial charge in [0, 0.05) is 17.7 Å². The zero-order valence-corrected chi connectivity index (χ0v) is 12.5. The minimum Gasteiger partial charge on any atom is -0.322 e. The van der Waals surface area contributed by atoms with Crippen molar-refractivity contribution in [1.29, 1.82) is 0 Å². The van der Waals surface area contributed by atoms with E-state index in [-0.39, 0.29) is 11.6 Å². The third-order valence-electron chi connectivity index (χ3n) is 2.91. The van der Waals surface area contributed by atoms with Crippen LogP contribution in [0.2, 0.25) is 0 Å². The maximum absolute atomic E-state index is 10.9. The van der Waals surface area contributed by atoms with Gasteiger partial charge in [0.1, 0.15) is 0 Å². The van der Waals surface area contributed by atoms with Crippen LogP contribution in [-0.4, -0.2) is 20.9 Å². The number of benzene rings is 1. The predicted octanol–water partition coefficient (Wildman–Crippen LogP) is 0.449. The number of nitrogens with two attached hydrogens (primary N) is 1. The molecule has 0 radical (unpaired) electrons. The summed E-state index contributed by atoms with van der Waals surface area (Å²) in [6.45, 7) is 5.39. The van der Waals surface area contributed by atoms with Crippen LogP contribution in [0.3, 0.4) is 0 Å². The van der Waals surface area contributed by atoms with Gasteiger partial charge in [0.2, 0.25) is 0 Å². The lowest BCUT2D eigenvalue weighted by Gasteiger charge is -2.03. The number of nitrogens with one attached hydrogen (secondary N) is 2. The number of aryl methyl sites for hydroxylation is 3. The molecule has 0 fully saturated rings. The van der Waals surface area contributed by atoms with Crippen LogP contribution < -0.4 is 16.0 Å². The Kier molecular flexibility index (Phi) is 4.31. The van der Waals surface area contributed by atoms with Gasteiger partial charge in [-0.2, -0.15) is 0 Å². The largest absolute Gasteiger partial charge is 0.354 e. The summed E-state index contributed by atoms with van der Waals surface area (Å²) in [5, 5.41) is 13.8. The molecule has 4 N–H and O–H groups in total. The lowest BCUT2D eigenvalue weighted by Crippen LogP contribution is -2.72. The molecule has 0 unspecified atom stereocenters. The Morgan fingerprint density at radius 3 is 2.45 bits per heavy atom. The summed E-state index contributed by atoms with van der Waals surface area (Å²) in [7, 11) is 0. The third kappa shape index (κ3) is 3.75. The first-order valence-electron chi connectivity index (χ1n) is 6.59. The van der Waals surface area contributed by atoms with Crippen LogP contribution in [-0.2, 0) is 0 Å². The molecule has 1 aromatic carbocycles. The van der Waals surface area contributed by atoms with Gasteiger partial charge in [-0.25, -0.2) is 4.99 Å². The Labute approximate surface area is 127 Å². The Bertz CT molecular complexity index is 737. The van der Waals surface area contributed by atoms with E-state index in [1.165, 1.54) is 6.07 Å². The minimum absolute atomic E-state index is 0.0282. The monoisotopic (exact) mass is 301 g/mol. The van der Waals surface area contributed by atoms with Crippen molar-refractivity contribution < 1.29 is 9.92 Å². The summed E-state index contributed by atoms with van der Waals surface area (Å²) in [6.07, 6.45) is 0. The van der Waals surface area contributed by atoms with Crippen molar-refractivity contribution in [1.82, 2.24) is 9.97 Å². The Morgan fingerprint density at radius 1 is 1.23 bits per heavy atom. The Morgan fingerprint density at radius 2 is 1.86 bits per heavy atom. The van der Waals surface area contributed by atoms with Crippen molar-refractivity contribution in [2.24, 2.45) is 5.73 Å². The van der Waals surface area contributed by atoms with Gasteiger partial charge in [0.05, 0.1) is 22.0 Å². The number of anilines is 1. The van der Waals surface area contributed by atoms with Crippen LogP contribution in [0.5, 0.6) is 0 Å². The minimum atomic E-state index is -0.433. The molecule has 0 amide bonds. The predicted molar refractivity (Wildman–Crippen MR) is 82.8 cm³/mol. The van der Waals surface area contributed by atoms with Crippen molar-refractivity contribution in [3.8, 4) is 0 Å². The normalized spacial score (nSPS) is 11.3. The summed E-state index contributed by atoms with van der Waals surface area (Å²) in [6, 6.07) is 6.63. The number of guanidine groups is 1. The lowest BCUT2D eigenvalue weighted by molar-refractivity contribution is -0.385. The fraction of sp³-hybridized carbons (Fsp3) is 0.214. The van der Waals surface area contributed by atoms with E-state index in [1.807, 2.05) is 19.9 Å². The zero-order valence-electron chi connectivity index (χ0n) is 12.5. The van der Waals surface area contributed by atoms with Gasteiger partial charge < -0.3 is 5.73 Å². The van der Waals surface area contributed by atoms with Crippen LogP contribution in [0.15, 0.2) is 24.3 Å². The van der Waals surface area contributed by atoms with E-state index in [0.29, 0.717) is 17.2 Å². The molecule has 0 atom stereocenters. The van der Waals surface area contributed by atoms with Crippen molar-refractivity contribution in [2.45, 2.75) is 20.8 Å². The second-order valence-corrected chi connectivity index (χ2v) is 4.90. The number of aromatic nitrogens is 2. The quantitative estimate of drug-likeness (QED) is 0.327. The van der Waals surface area contributed by atoms with Crippen LogP contribution in [0.25, 0.3) is 0 Å². The smallest absolute Gasteiger partial charge is 0.322 e. The standard InChI is InChI=1S/C14H16N6O2/c1-8-4-5-11(7-12(8)20(21)22)18-13(15)19-14-16-9(2)6-10(3)17-14/h4-7H,1-3H3,(H3,15,16,17,18,19)/p+1. The van der Waals surface area contributed by atoms with Gasteiger partial charge in [-0.1, -0.05) is 0 Å². The fourth-order valence-corrected chi connectivity index (χ4v) is 1.97. The highest BCUT2D eigenvalue weighted by molar-refractivity contribution is 5.88. The molecule has 0 aliphatic rings. The number of nitrogens with zero attached hydrogens (tertiary/aromatic N) is 3. The molecule has 22 heavy (non-hydrogen) atoms. The van der Waals surface area contributed by atoms with Gasteiger partial charge in [0.25, 0.3) is 11.6 Å². The van der Waals surface area contributed by atoms with Crippen molar-refractivity contribution >= 4 is 23.3 Å². The highest BCUT2D eigenvalue weighted by Gasteiger charge is 2.12. The molecule has 1 heterocycles. The molecule has 0 saturated heterocycles. The van der Waals surface area contributed by atoms with Gasteiger partial charge >= 0.3 is 5.95 Å². The first-order chi connectivity index (χ1) is 10.3. The first kappa shape index (κ1) is 15.4. The molecule has 0 aliphatic carbocycles. The van der Waals surface area contributed by atoms with Gasteiger partial charge in [-0.15, -0.1) is 9.97 Å². The van der Waals surface area contributed by atoms with Crippen LogP contribution in [0, 0.1) is 30.9 Å². The molecule has 8 nitrogen and oxygen atoms in total. The molecule has 0 aliphatic heterocycles. The lowest BCUT2D eigenvalue weighted by atomic mass is 10.2. The van der Waals surface area contributed by atoms with E-state index in [2.05, 4.69) is 20.3 Å². The molecule has 8 heteroatoms. The van der Waals surface area contributed by atoms with E-state index < -0.39 is 4.92 Å². The molecule has 0 bridgehead atoms. The van der Waals surface area contributed by atoms with Crippen LogP contribution in [0.1, 0.15) is 17.0 Å². The molecule has 0 saturated carbocycles. The maximum atomic E-state index is 10.9. The molecule has 1 aromatic heterocycles. The number of hydrogen-bond acceptors (Lipinski definition) is 4. The SMILES string of the molecule is Cc1cc(C)nc([NH+]=C(N)Nc2ccc(C)c([N+](=O)[O-])c2)n1. The summed E-state index contributed by atoms with van der Waals surface area (Å²) in [5.41, 5.74) is 8.59. The molecule has 114 valence electrons. The number of rotatable bonds is 3. The first-order valence-corrected chi connectivity index (χ1v) is 6.59. The van der Waals surface area contributed by atoms with Crippen molar-refractivity contribution in [2.75, 3.05) is 5.32 Å². The van der Waals surface area contributed by atoms with E-state index in [1.54, 1.807) is 19.1 Å². The summed E-state index contributed by atoms with van der Waals surface area (Å²) >= 11 is 0. The van der Waals surface area contributed by atoms with Crippen LogP contribution >= 0.6 is 0 Å². The third-order valence-corrected chi connectivity index (χ3v) is 2.91. The average Bonchev–Trinajstić information content (AvgIpc) is 2.39. The van der Waals surface area contributed by atoms with Gasteiger partial charge in [-0.3, -0.25) is 15.4 Å². The Balaban J connectivity index is 2.24. The summed E-state index contributed by atoms with van der Waals surface area (Å²) < 4.78 is 0. The zero-order chi connectivity index (χ0) is 16.3. The molecular weight excluding hydrogens is 284 g/mol. The number of hydrogen-bond donors (Lipinski definition) is 3. The van der Waals surface area contributed by atoms with Crippen molar-refractivity contribution in [3.63, 3.8) is 0 Å². The number of nitro groups is 1. The van der Waals surface area contributed by atoms with E-state index in [0.717, 1.165) is 11.4 Å². The second kappa shape index (κ2) is 6.17. The van der Waals surface area contributed by atoms with E-state index >= 15 is 0 Å². The van der Waals surface area contributed by atoms with Gasteiger partial charge in [-0.05, 0) is 32.9 Å². The molecular formula is C14H17N6O2+. The van der Waals surface area contributed by atoms with E-state index in [9.17, 15) is 10.1 Å². The van der Waals surface area contributed by atoms with E-state index in [4.69, 9.17) is 5.73 Å². The van der Waals surface area contributed by atoms with Crippen molar-refractivity contribution in [3.05, 3.63) is 51.3 Å². The fourth-order valence-electron chi connectivity index (χ4n) is 1.97. The summed E-state index contributed by atoms with van der Waals surface area (Å²) in [4.78, 5) is 21.7. The highest BCUT2D eigenvalue weighted by Crippen LogP contribution is 2.21. The highest BCUT2D eigenvalue weighted by atomic mass is 16.6. The number of nitro benzene ring substituents is 1. The Hall–Kier alpha value is -3.03.